The molecule has 1 aliphatic heterocycles. The number of thiazole rings is 1. The number of primary amides is 1. The summed E-state index contributed by atoms with van der Waals surface area (Å²) < 4.78 is 9.19. The number of amides is 1. The van der Waals surface area contributed by atoms with E-state index in [0.29, 0.717) is 11.6 Å². The Morgan fingerprint density at radius 3 is 2.78 bits per heavy atom. The number of benzene rings is 2. The van der Waals surface area contributed by atoms with E-state index >= 15 is 0 Å². The van der Waals surface area contributed by atoms with Crippen molar-refractivity contribution in [2.45, 2.75) is 32.2 Å². The Bertz CT molecular complexity index is 1280. The number of hydrogen-bond acceptors (Lipinski definition) is 5. The maximum Gasteiger partial charge on any atom is 0.248 e. The number of aromatic nitrogens is 2. The summed E-state index contributed by atoms with van der Waals surface area (Å²) >= 11 is 1.74. The number of carbonyl (C=O) groups excluding carboxylic acids is 1. The largest absolute Gasteiger partial charge is 0.496 e. The summed E-state index contributed by atoms with van der Waals surface area (Å²) in [5, 5.41) is 2.24. The fourth-order valence-corrected chi connectivity index (χ4v) is 5.74. The number of fused-ring (bicyclic) bond motifs is 2. The first-order chi connectivity index (χ1) is 15.5. The Morgan fingerprint density at radius 1 is 1.22 bits per heavy atom. The number of nitrogens with two attached hydrogens (primary N) is 1. The molecule has 7 heteroatoms. The molecule has 2 aromatic heterocycles. The lowest BCUT2D eigenvalue weighted by Gasteiger charge is -2.33. The average Bonchev–Trinajstić information content (AvgIpc) is 3.40. The zero-order chi connectivity index (χ0) is 22.2. The van der Waals surface area contributed by atoms with Gasteiger partial charge in [0.1, 0.15) is 5.75 Å². The summed E-state index contributed by atoms with van der Waals surface area (Å²) in [5.41, 5.74) is 9.45. The van der Waals surface area contributed by atoms with Crippen LogP contribution in [0.1, 0.15) is 39.8 Å². The minimum atomic E-state index is -0.379. The van der Waals surface area contributed by atoms with Crippen LogP contribution in [0.2, 0.25) is 0 Å². The number of likely N-dealkylation sites (tertiary alicyclic amines) is 1. The van der Waals surface area contributed by atoms with Crippen molar-refractivity contribution in [3.05, 3.63) is 58.7 Å². The van der Waals surface area contributed by atoms with Crippen LogP contribution >= 0.6 is 11.3 Å². The molecule has 32 heavy (non-hydrogen) atoms. The molecule has 0 radical (unpaired) electrons. The minimum absolute atomic E-state index is 0.379. The van der Waals surface area contributed by atoms with E-state index in [4.69, 9.17) is 15.5 Å². The van der Waals surface area contributed by atoms with Gasteiger partial charge in [-0.05, 0) is 61.9 Å². The molecule has 0 spiro atoms. The lowest BCUT2D eigenvalue weighted by atomic mass is 10.0. The van der Waals surface area contributed by atoms with Crippen molar-refractivity contribution in [3.63, 3.8) is 0 Å². The van der Waals surface area contributed by atoms with Crippen LogP contribution < -0.4 is 10.5 Å². The van der Waals surface area contributed by atoms with Gasteiger partial charge >= 0.3 is 0 Å². The van der Waals surface area contributed by atoms with Gasteiger partial charge in [-0.25, -0.2) is 4.98 Å². The highest BCUT2D eigenvalue weighted by molar-refractivity contribution is 7.18. The summed E-state index contributed by atoms with van der Waals surface area (Å²) in [4.78, 5) is 18.9. The highest BCUT2D eigenvalue weighted by Gasteiger charge is 2.22. The van der Waals surface area contributed by atoms with Gasteiger partial charge in [-0.1, -0.05) is 6.07 Å². The summed E-state index contributed by atoms with van der Waals surface area (Å²) in [6.07, 6.45) is 5.25. The van der Waals surface area contributed by atoms with Crippen molar-refractivity contribution in [1.29, 1.82) is 0 Å². The summed E-state index contributed by atoms with van der Waals surface area (Å²) in [7, 11) is 1.74. The van der Waals surface area contributed by atoms with Gasteiger partial charge < -0.3 is 19.9 Å². The van der Waals surface area contributed by atoms with Gasteiger partial charge in [-0.3, -0.25) is 4.79 Å². The van der Waals surface area contributed by atoms with Crippen LogP contribution in [0, 0.1) is 6.92 Å². The number of carbonyl (C=O) groups is 1. The van der Waals surface area contributed by atoms with Crippen molar-refractivity contribution in [2.24, 2.45) is 5.73 Å². The Kier molecular flexibility index (Phi) is 5.61. The predicted molar refractivity (Wildman–Crippen MR) is 130 cm³/mol. The van der Waals surface area contributed by atoms with Crippen LogP contribution in [-0.4, -0.2) is 47.1 Å². The quantitative estimate of drug-likeness (QED) is 0.470. The number of ether oxygens (including phenoxy) is 1. The second kappa shape index (κ2) is 8.56. The van der Waals surface area contributed by atoms with Gasteiger partial charge in [0.25, 0.3) is 0 Å². The molecule has 1 saturated heterocycles. The number of methoxy groups -OCH3 is 1. The predicted octanol–water partition coefficient (Wildman–Crippen LogP) is 4.55. The molecule has 1 aliphatic rings. The van der Waals surface area contributed by atoms with E-state index in [0.717, 1.165) is 66.1 Å². The number of hydrogen-bond donors (Lipinski definition) is 1. The Balaban J connectivity index is 1.27. The smallest absolute Gasteiger partial charge is 0.248 e. The molecule has 1 amide bonds. The van der Waals surface area contributed by atoms with Crippen LogP contribution in [0.25, 0.3) is 21.1 Å². The third kappa shape index (κ3) is 3.87. The summed E-state index contributed by atoms with van der Waals surface area (Å²) in [5.74, 6) is 0.553. The molecule has 0 aliphatic carbocycles. The van der Waals surface area contributed by atoms with Crippen LogP contribution in [0.3, 0.4) is 0 Å². The Morgan fingerprint density at radius 2 is 2.03 bits per heavy atom. The molecule has 0 atom stereocenters. The van der Waals surface area contributed by atoms with E-state index in [1.165, 1.54) is 10.3 Å². The first-order valence-electron chi connectivity index (χ1n) is 11.1. The lowest BCUT2D eigenvalue weighted by Crippen LogP contribution is -2.35. The van der Waals surface area contributed by atoms with Crippen LogP contribution in [0.15, 0.2) is 42.6 Å². The van der Waals surface area contributed by atoms with Crippen LogP contribution in [0.5, 0.6) is 5.75 Å². The molecule has 3 heterocycles. The SMILES string of the molecule is COc1ccc2sc(C)nc2c1CCN1CCC(n2ccc3ccc(C(N)=O)cc32)CC1. The average molecular weight is 449 g/mol. The normalized spacial score (nSPS) is 15.6. The Hall–Kier alpha value is -2.90. The number of piperidine rings is 1. The van der Waals surface area contributed by atoms with Crippen molar-refractivity contribution >= 4 is 38.4 Å². The van der Waals surface area contributed by atoms with E-state index in [9.17, 15) is 4.79 Å². The standard InChI is InChI=1S/C25H28N4O2S/c1-16-27-24-20(22(31-2)5-6-23(24)32-16)10-13-28-11-8-19(9-12-28)29-14-7-17-3-4-18(25(26)30)15-21(17)29/h3-7,14-15,19H,8-13H2,1-2H3,(H2,26,30). The van der Waals surface area contributed by atoms with Crippen molar-refractivity contribution < 1.29 is 9.53 Å². The van der Waals surface area contributed by atoms with Gasteiger partial charge in [0.15, 0.2) is 0 Å². The molecule has 1 fully saturated rings. The van der Waals surface area contributed by atoms with Crippen LogP contribution in [-0.2, 0) is 6.42 Å². The zero-order valence-corrected chi connectivity index (χ0v) is 19.3. The van der Waals surface area contributed by atoms with Crippen LogP contribution in [0.4, 0.5) is 0 Å². The molecule has 5 rings (SSSR count). The van der Waals surface area contributed by atoms with Gasteiger partial charge in [-0.2, -0.15) is 0 Å². The first-order valence-corrected chi connectivity index (χ1v) is 11.9. The summed E-state index contributed by atoms with van der Waals surface area (Å²) in [6.45, 7) is 5.16. The van der Waals surface area contributed by atoms with Gasteiger partial charge in [0.05, 0.1) is 22.3 Å². The van der Waals surface area contributed by atoms with Crippen molar-refractivity contribution in [1.82, 2.24) is 14.5 Å². The minimum Gasteiger partial charge on any atom is -0.496 e. The lowest BCUT2D eigenvalue weighted by molar-refractivity contribution is 0.100. The number of aryl methyl sites for hydroxylation is 1. The molecular weight excluding hydrogens is 420 g/mol. The first kappa shape index (κ1) is 21.0. The monoisotopic (exact) mass is 448 g/mol. The van der Waals surface area contributed by atoms with Crippen molar-refractivity contribution in [2.75, 3.05) is 26.7 Å². The van der Waals surface area contributed by atoms with E-state index in [1.54, 1.807) is 24.5 Å². The number of nitrogens with zero attached hydrogens (tertiary/aromatic N) is 3. The third-order valence-electron chi connectivity index (χ3n) is 6.59. The second-order valence-electron chi connectivity index (χ2n) is 8.51. The van der Waals surface area contributed by atoms with Gasteiger partial charge in [0.2, 0.25) is 5.91 Å². The molecule has 4 aromatic rings. The maximum atomic E-state index is 11.6. The van der Waals surface area contributed by atoms with Crippen molar-refractivity contribution in [3.8, 4) is 5.75 Å². The molecule has 2 aromatic carbocycles. The zero-order valence-electron chi connectivity index (χ0n) is 18.5. The summed E-state index contributed by atoms with van der Waals surface area (Å²) in [6, 6.07) is 12.4. The molecule has 2 N–H and O–H groups in total. The van der Waals surface area contributed by atoms with E-state index in [2.05, 4.69) is 40.8 Å². The maximum absolute atomic E-state index is 11.6. The molecule has 0 saturated carbocycles. The fraction of sp³-hybridized carbons (Fsp3) is 0.360. The molecule has 0 bridgehead atoms. The molecule has 166 valence electrons. The van der Waals surface area contributed by atoms with Gasteiger partial charge in [0, 0.05) is 48.5 Å². The van der Waals surface area contributed by atoms with E-state index in [1.807, 2.05) is 12.1 Å². The molecule has 6 nitrogen and oxygen atoms in total. The Labute approximate surface area is 191 Å². The second-order valence-corrected chi connectivity index (χ2v) is 9.74. The molecule has 0 unspecified atom stereocenters. The number of rotatable bonds is 6. The van der Waals surface area contributed by atoms with E-state index < -0.39 is 0 Å². The topological polar surface area (TPSA) is 73.4 Å². The highest BCUT2D eigenvalue weighted by atomic mass is 32.1. The fourth-order valence-electron chi connectivity index (χ4n) is 4.89. The van der Waals surface area contributed by atoms with E-state index in [-0.39, 0.29) is 5.91 Å². The highest BCUT2D eigenvalue weighted by Crippen LogP contribution is 2.33. The molecular formula is C25H28N4O2S. The van der Waals surface area contributed by atoms with Gasteiger partial charge in [-0.15, -0.1) is 11.3 Å². The third-order valence-corrected chi connectivity index (χ3v) is 7.52.